The number of rotatable bonds is 9. The number of methoxy groups -OCH3 is 1. The number of anilines is 4. The van der Waals surface area contributed by atoms with E-state index >= 15 is 0 Å². The summed E-state index contributed by atoms with van der Waals surface area (Å²) in [6.07, 6.45) is -1.07. The summed E-state index contributed by atoms with van der Waals surface area (Å²) in [5.74, 6) is -0.381. The van der Waals surface area contributed by atoms with Crippen molar-refractivity contribution >= 4 is 64.9 Å². The van der Waals surface area contributed by atoms with Gasteiger partial charge in [0, 0.05) is 13.1 Å². The molecular formula is C26H31Cl2N11O5. The lowest BCUT2D eigenvalue weighted by molar-refractivity contribution is -0.154. The zero-order valence-electron chi connectivity index (χ0n) is 23.9. The van der Waals surface area contributed by atoms with Gasteiger partial charge in [0.2, 0.25) is 5.95 Å². The maximum atomic E-state index is 12.6. The van der Waals surface area contributed by atoms with Crippen molar-refractivity contribution in [3.63, 3.8) is 0 Å². The van der Waals surface area contributed by atoms with Crippen LogP contribution >= 0.6 is 24.0 Å². The van der Waals surface area contributed by atoms with Crippen LogP contribution in [0.25, 0.3) is 5.65 Å². The molecule has 0 aliphatic carbocycles. The SMILES string of the molecule is CCNc1nc(Nc2cc(C#N)cc(N3CC[C@@H](NC(=O)OC)C(OC(=O)[C@@H](N)[C@@H](C)O)C3)c2Cl)nn2c(C#N)cnc12.Cl. The normalized spacial score (nSPS) is 17.3. The first-order valence-electron chi connectivity index (χ1n) is 13.2. The number of alkyl carbamates (subject to hydrolysis) is 1. The van der Waals surface area contributed by atoms with Gasteiger partial charge in [-0.05, 0) is 32.4 Å². The Kier molecular flexibility index (Phi) is 11.3. The summed E-state index contributed by atoms with van der Waals surface area (Å²) in [6.45, 7) is 4.19. The molecule has 1 aliphatic heterocycles. The van der Waals surface area contributed by atoms with Gasteiger partial charge in [0.1, 0.15) is 18.2 Å². The molecule has 4 rings (SSSR count). The maximum Gasteiger partial charge on any atom is 0.407 e. The number of nitriles is 2. The molecule has 3 heterocycles. The lowest BCUT2D eigenvalue weighted by Gasteiger charge is -2.40. The average Bonchev–Trinajstić information content (AvgIpc) is 3.41. The van der Waals surface area contributed by atoms with Crippen LogP contribution in [-0.4, -0.2) is 87.8 Å². The second-order valence-electron chi connectivity index (χ2n) is 9.62. The fourth-order valence-electron chi connectivity index (χ4n) is 4.47. The fraction of sp³-hybridized carbons (Fsp3) is 0.423. The van der Waals surface area contributed by atoms with Crippen LogP contribution in [0, 0.1) is 22.7 Å². The van der Waals surface area contributed by atoms with E-state index in [1.807, 2.05) is 13.0 Å². The van der Waals surface area contributed by atoms with Gasteiger partial charge >= 0.3 is 12.1 Å². The molecule has 1 saturated heterocycles. The van der Waals surface area contributed by atoms with Crippen LogP contribution in [0.4, 0.5) is 27.9 Å². The average molecular weight is 649 g/mol. The van der Waals surface area contributed by atoms with Crippen molar-refractivity contribution in [3.05, 3.63) is 34.6 Å². The number of nitrogens with two attached hydrogens (primary N) is 1. The van der Waals surface area contributed by atoms with Crippen molar-refractivity contribution in [1.82, 2.24) is 24.9 Å². The number of piperidine rings is 1. The van der Waals surface area contributed by atoms with E-state index in [0.29, 0.717) is 42.4 Å². The number of carbonyl (C=O) groups excluding carboxylic acids is 2. The topological polar surface area (TPSA) is 229 Å². The molecule has 6 N–H and O–H groups in total. The minimum absolute atomic E-state index is 0. The van der Waals surface area contributed by atoms with Crippen molar-refractivity contribution < 1.29 is 24.2 Å². The number of benzene rings is 1. The Morgan fingerprint density at radius 1 is 1.32 bits per heavy atom. The highest BCUT2D eigenvalue weighted by molar-refractivity contribution is 6.36. The molecule has 0 saturated carbocycles. The molecule has 1 aromatic carbocycles. The lowest BCUT2D eigenvalue weighted by Crippen LogP contribution is -2.57. The molecule has 3 aromatic rings. The Hall–Kier alpha value is -4.61. The third-order valence-electron chi connectivity index (χ3n) is 6.70. The number of halogens is 2. The molecular weight excluding hydrogens is 617 g/mol. The summed E-state index contributed by atoms with van der Waals surface area (Å²) in [6, 6.07) is 5.32. The van der Waals surface area contributed by atoms with Gasteiger partial charge in [0.25, 0.3) is 0 Å². The van der Waals surface area contributed by atoms with Crippen LogP contribution in [0.1, 0.15) is 31.5 Å². The number of carbonyl (C=O) groups is 2. The number of nitrogens with zero attached hydrogens (tertiary/aromatic N) is 7. The minimum Gasteiger partial charge on any atom is -0.457 e. The van der Waals surface area contributed by atoms with Gasteiger partial charge in [-0.25, -0.2) is 9.78 Å². The van der Waals surface area contributed by atoms with Gasteiger partial charge in [0.05, 0.1) is 60.0 Å². The van der Waals surface area contributed by atoms with Crippen LogP contribution in [-0.2, 0) is 14.3 Å². The van der Waals surface area contributed by atoms with Crippen LogP contribution in [0.5, 0.6) is 0 Å². The Morgan fingerprint density at radius 3 is 2.70 bits per heavy atom. The molecule has 44 heavy (non-hydrogen) atoms. The van der Waals surface area contributed by atoms with E-state index in [2.05, 4.69) is 37.1 Å². The highest BCUT2D eigenvalue weighted by Crippen LogP contribution is 2.37. The second-order valence-corrected chi connectivity index (χ2v) is 10.00. The number of amides is 1. The molecule has 0 spiro atoms. The summed E-state index contributed by atoms with van der Waals surface area (Å²) in [5.41, 5.74) is 7.32. The molecule has 0 radical (unpaired) electrons. The van der Waals surface area contributed by atoms with Gasteiger partial charge < -0.3 is 41.2 Å². The molecule has 1 unspecified atom stereocenters. The first-order valence-corrected chi connectivity index (χ1v) is 13.6. The number of aliphatic hydroxyl groups excluding tert-OH is 1. The Morgan fingerprint density at radius 2 is 2.07 bits per heavy atom. The molecule has 234 valence electrons. The zero-order valence-corrected chi connectivity index (χ0v) is 25.5. The van der Waals surface area contributed by atoms with Crippen molar-refractivity contribution in [3.8, 4) is 12.1 Å². The Labute approximate surface area is 263 Å². The molecule has 1 fully saturated rings. The van der Waals surface area contributed by atoms with E-state index in [-0.39, 0.29) is 41.2 Å². The number of esters is 1. The standard InChI is InChI=1S/C26H30ClN11O5.ClH/c1-4-31-22-23-32-11-15(10-29)38(23)36-25(35-22)33-17-7-14(9-28)8-18(20(17)27)37-6-5-16(34-26(41)42-3)19(12-37)43-24(40)21(30)13(2)39;/h7-8,11,13,16,19,21,39H,4-6,12,30H2,1-3H3,(H,34,41)(H2,31,33,35,36);1H/t13-,16-,19?,21+;/m1./s1. The van der Waals surface area contributed by atoms with E-state index < -0.39 is 36.4 Å². The van der Waals surface area contributed by atoms with Gasteiger partial charge in [0.15, 0.2) is 17.2 Å². The summed E-state index contributed by atoms with van der Waals surface area (Å²) < 4.78 is 11.7. The molecule has 0 bridgehead atoms. The quantitative estimate of drug-likeness (QED) is 0.208. The van der Waals surface area contributed by atoms with E-state index in [0.717, 1.165) is 0 Å². The molecule has 18 heteroatoms. The second kappa shape index (κ2) is 14.7. The van der Waals surface area contributed by atoms with Crippen LogP contribution < -0.4 is 26.6 Å². The smallest absolute Gasteiger partial charge is 0.407 e. The van der Waals surface area contributed by atoms with Crippen LogP contribution in [0.15, 0.2) is 18.3 Å². The van der Waals surface area contributed by atoms with Gasteiger partial charge in [-0.3, -0.25) is 4.79 Å². The molecule has 1 aliphatic rings. The largest absolute Gasteiger partial charge is 0.457 e. The number of hydrogen-bond donors (Lipinski definition) is 5. The Balaban J connectivity index is 0.00000529. The van der Waals surface area contributed by atoms with Crippen molar-refractivity contribution in [2.24, 2.45) is 5.73 Å². The third-order valence-corrected chi connectivity index (χ3v) is 7.10. The van der Waals surface area contributed by atoms with E-state index in [4.69, 9.17) is 26.8 Å². The first-order chi connectivity index (χ1) is 20.6. The third kappa shape index (κ3) is 7.29. The number of aliphatic hydroxyl groups is 1. The van der Waals surface area contributed by atoms with Crippen molar-refractivity contribution in [2.75, 3.05) is 42.3 Å². The van der Waals surface area contributed by atoms with Gasteiger partial charge in [-0.2, -0.15) is 20.0 Å². The predicted molar refractivity (Wildman–Crippen MR) is 162 cm³/mol. The summed E-state index contributed by atoms with van der Waals surface area (Å²) in [4.78, 5) is 35.1. The monoisotopic (exact) mass is 647 g/mol. The molecule has 16 nitrogen and oxygen atoms in total. The summed E-state index contributed by atoms with van der Waals surface area (Å²) in [5, 5.41) is 42.4. The molecule has 4 atom stereocenters. The van der Waals surface area contributed by atoms with Gasteiger partial charge in [-0.1, -0.05) is 11.6 Å². The Bertz CT molecular complexity index is 1600. The molecule has 2 aromatic heterocycles. The number of ether oxygens (including phenoxy) is 2. The first kappa shape index (κ1) is 33.9. The van der Waals surface area contributed by atoms with Crippen LogP contribution in [0.2, 0.25) is 5.02 Å². The number of hydrogen-bond acceptors (Lipinski definition) is 14. The van der Waals surface area contributed by atoms with E-state index in [1.54, 1.807) is 11.0 Å². The number of nitrogens with one attached hydrogen (secondary N) is 3. The van der Waals surface area contributed by atoms with Crippen LogP contribution in [0.3, 0.4) is 0 Å². The van der Waals surface area contributed by atoms with Crippen molar-refractivity contribution in [2.45, 2.75) is 44.6 Å². The maximum absolute atomic E-state index is 12.6. The van der Waals surface area contributed by atoms with Crippen molar-refractivity contribution in [1.29, 1.82) is 10.5 Å². The fourth-order valence-corrected chi connectivity index (χ4v) is 4.74. The van der Waals surface area contributed by atoms with Gasteiger partial charge in [-0.15, -0.1) is 17.5 Å². The number of fused-ring (bicyclic) bond motifs is 1. The minimum atomic E-state index is -1.29. The summed E-state index contributed by atoms with van der Waals surface area (Å²) in [7, 11) is 1.22. The number of aromatic nitrogens is 4. The highest BCUT2D eigenvalue weighted by Gasteiger charge is 2.36. The number of imidazole rings is 1. The highest BCUT2D eigenvalue weighted by atomic mass is 35.5. The van der Waals surface area contributed by atoms with E-state index in [9.17, 15) is 25.2 Å². The lowest BCUT2D eigenvalue weighted by atomic mass is 10.00. The zero-order chi connectivity index (χ0) is 31.3. The molecule has 1 amide bonds. The summed E-state index contributed by atoms with van der Waals surface area (Å²) >= 11 is 6.86. The predicted octanol–water partition coefficient (Wildman–Crippen LogP) is 1.67. The van der Waals surface area contributed by atoms with E-state index in [1.165, 1.54) is 30.8 Å².